The molecule has 2 unspecified atom stereocenters. The molecule has 1 amide bonds. The monoisotopic (exact) mass is 293 g/mol. The molecule has 0 aromatic heterocycles. The molecule has 5 nitrogen and oxygen atoms in total. The van der Waals surface area contributed by atoms with Crippen molar-refractivity contribution in [1.82, 2.24) is 5.32 Å². The zero-order valence-electron chi connectivity index (χ0n) is 12.8. The first-order chi connectivity index (χ1) is 9.88. The molecule has 0 bridgehead atoms. The summed E-state index contributed by atoms with van der Waals surface area (Å²) >= 11 is 0. The van der Waals surface area contributed by atoms with Gasteiger partial charge in [-0.15, -0.1) is 0 Å². The van der Waals surface area contributed by atoms with E-state index in [1.54, 1.807) is 6.92 Å². The molecule has 0 fully saturated rings. The van der Waals surface area contributed by atoms with E-state index < -0.39 is 12.1 Å². The Balaban J connectivity index is 2.34. The number of rotatable bonds is 8. The van der Waals surface area contributed by atoms with Gasteiger partial charge >= 0.3 is 5.97 Å². The molecular weight excluding hydrogens is 270 g/mol. The summed E-state index contributed by atoms with van der Waals surface area (Å²) in [5, 5.41) is 11.4. The molecule has 0 saturated carbocycles. The van der Waals surface area contributed by atoms with Gasteiger partial charge in [0.1, 0.15) is 5.75 Å². The standard InChI is InChI=1S/C16H23NO4/c1-11-4-7-14(8-5-11)21-13(3)16(20)17-10-12(2)6-9-15(18)19/h4-5,7-8,12-13H,6,9-10H2,1-3H3,(H,17,20)(H,18,19). The number of carboxylic acids is 1. The Bertz CT molecular complexity index is 470. The van der Waals surface area contributed by atoms with Crippen LogP contribution in [0.25, 0.3) is 0 Å². The highest BCUT2D eigenvalue weighted by molar-refractivity contribution is 5.80. The van der Waals surface area contributed by atoms with Gasteiger partial charge in [0.15, 0.2) is 6.10 Å². The van der Waals surface area contributed by atoms with E-state index in [0.717, 1.165) is 5.56 Å². The molecule has 0 aliphatic carbocycles. The van der Waals surface area contributed by atoms with Crippen LogP contribution < -0.4 is 10.1 Å². The maximum Gasteiger partial charge on any atom is 0.303 e. The minimum absolute atomic E-state index is 0.118. The smallest absolute Gasteiger partial charge is 0.303 e. The van der Waals surface area contributed by atoms with Crippen molar-refractivity contribution in [3.63, 3.8) is 0 Å². The SMILES string of the molecule is Cc1ccc(OC(C)C(=O)NCC(C)CCC(=O)O)cc1. The van der Waals surface area contributed by atoms with Gasteiger partial charge in [-0.1, -0.05) is 24.6 Å². The summed E-state index contributed by atoms with van der Waals surface area (Å²) in [6, 6.07) is 7.51. The average Bonchev–Trinajstić information content (AvgIpc) is 2.44. The van der Waals surface area contributed by atoms with Crippen LogP contribution in [0.3, 0.4) is 0 Å². The largest absolute Gasteiger partial charge is 0.481 e. The van der Waals surface area contributed by atoms with Crippen molar-refractivity contribution < 1.29 is 19.4 Å². The van der Waals surface area contributed by atoms with E-state index in [2.05, 4.69) is 5.32 Å². The Morgan fingerprint density at radius 3 is 2.43 bits per heavy atom. The third kappa shape index (κ3) is 6.79. The second-order valence-corrected chi connectivity index (χ2v) is 5.36. The Hall–Kier alpha value is -2.04. The molecule has 0 spiro atoms. The zero-order valence-corrected chi connectivity index (χ0v) is 12.8. The second-order valence-electron chi connectivity index (χ2n) is 5.36. The van der Waals surface area contributed by atoms with Gasteiger partial charge in [-0.2, -0.15) is 0 Å². The lowest BCUT2D eigenvalue weighted by Gasteiger charge is -2.17. The van der Waals surface area contributed by atoms with E-state index in [4.69, 9.17) is 9.84 Å². The quantitative estimate of drug-likeness (QED) is 0.771. The van der Waals surface area contributed by atoms with Crippen LogP contribution in [-0.4, -0.2) is 29.6 Å². The maximum absolute atomic E-state index is 11.9. The van der Waals surface area contributed by atoms with Gasteiger partial charge in [-0.3, -0.25) is 9.59 Å². The average molecular weight is 293 g/mol. The van der Waals surface area contributed by atoms with Crippen LogP contribution in [0.5, 0.6) is 5.75 Å². The minimum atomic E-state index is -0.816. The normalized spacial score (nSPS) is 13.3. The fourth-order valence-electron chi connectivity index (χ4n) is 1.76. The second kappa shape index (κ2) is 8.29. The molecule has 1 aromatic carbocycles. The van der Waals surface area contributed by atoms with Gasteiger partial charge in [0.2, 0.25) is 0 Å². The predicted molar refractivity (Wildman–Crippen MR) is 80.3 cm³/mol. The van der Waals surface area contributed by atoms with Crippen LogP contribution in [0, 0.1) is 12.8 Å². The Kier molecular flexibility index (Phi) is 6.72. The van der Waals surface area contributed by atoms with E-state index in [9.17, 15) is 9.59 Å². The van der Waals surface area contributed by atoms with E-state index in [0.29, 0.717) is 18.7 Å². The van der Waals surface area contributed by atoms with Gasteiger partial charge in [0, 0.05) is 13.0 Å². The Labute approximate surface area is 125 Å². The molecule has 0 heterocycles. The number of aryl methyl sites for hydroxylation is 1. The van der Waals surface area contributed by atoms with Crippen LogP contribution >= 0.6 is 0 Å². The highest BCUT2D eigenvalue weighted by Gasteiger charge is 2.15. The van der Waals surface area contributed by atoms with Gasteiger partial charge in [-0.05, 0) is 38.3 Å². The number of benzene rings is 1. The van der Waals surface area contributed by atoms with Crippen LogP contribution in [0.15, 0.2) is 24.3 Å². The molecule has 21 heavy (non-hydrogen) atoms. The van der Waals surface area contributed by atoms with E-state index in [1.807, 2.05) is 38.1 Å². The van der Waals surface area contributed by atoms with Gasteiger partial charge < -0.3 is 15.2 Å². The van der Waals surface area contributed by atoms with Crippen molar-refractivity contribution in [3.8, 4) is 5.75 Å². The molecule has 1 aromatic rings. The first kappa shape index (κ1) is 17.0. The Morgan fingerprint density at radius 2 is 1.86 bits per heavy atom. The number of aliphatic carboxylic acids is 1. The molecule has 1 rings (SSSR count). The number of hydrogen-bond acceptors (Lipinski definition) is 3. The molecule has 0 aliphatic heterocycles. The molecule has 2 atom stereocenters. The molecule has 2 N–H and O–H groups in total. The van der Waals surface area contributed by atoms with Crippen LogP contribution in [0.2, 0.25) is 0 Å². The van der Waals surface area contributed by atoms with Crippen molar-refractivity contribution in [3.05, 3.63) is 29.8 Å². The topological polar surface area (TPSA) is 75.6 Å². The summed E-state index contributed by atoms with van der Waals surface area (Å²) in [7, 11) is 0. The van der Waals surface area contributed by atoms with Gasteiger partial charge in [0.05, 0.1) is 0 Å². The number of carbonyl (C=O) groups excluding carboxylic acids is 1. The number of hydrogen-bond donors (Lipinski definition) is 2. The summed E-state index contributed by atoms with van der Waals surface area (Å²) in [6.07, 6.45) is 0.0781. The van der Waals surface area contributed by atoms with Crippen molar-refractivity contribution in [2.45, 2.75) is 39.7 Å². The van der Waals surface area contributed by atoms with Crippen LogP contribution in [-0.2, 0) is 9.59 Å². The molecule has 5 heteroatoms. The minimum Gasteiger partial charge on any atom is -0.481 e. The molecule has 0 aliphatic rings. The number of carboxylic acid groups (broad SMARTS) is 1. The summed E-state index contributed by atoms with van der Waals surface area (Å²) in [6.45, 7) is 6.04. The van der Waals surface area contributed by atoms with E-state index in [1.165, 1.54) is 0 Å². The number of nitrogens with one attached hydrogen (secondary N) is 1. The predicted octanol–water partition coefficient (Wildman–Crippen LogP) is 2.38. The summed E-state index contributed by atoms with van der Waals surface area (Å²) in [5.74, 6) is -0.235. The molecular formula is C16H23NO4. The lowest BCUT2D eigenvalue weighted by molar-refractivity contribution is -0.137. The third-order valence-electron chi connectivity index (χ3n) is 3.18. The van der Waals surface area contributed by atoms with Crippen LogP contribution in [0.1, 0.15) is 32.3 Å². The summed E-state index contributed by atoms with van der Waals surface area (Å²) < 4.78 is 5.56. The van der Waals surface area contributed by atoms with E-state index in [-0.39, 0.29) is 18.2 Å². The van der Waals surface area contributed by atoms with E-state index >= 15 is 0 Å². The number of amides is 1. The summed E-state index contributed by atoms with van der Waals surface area (Å²) in [5.41, 5.74) is 1.13. The van der Waals surface area contributed by atoms with Crippen LogP contribution in [0.4, 0.5) is 0 Å². The number of carbonyl (C=O) groups is 2. The molecule has 116 valence electrons. The lowest BCUT2D eigenvalue weighted by atomic mass is 10.1. The van der Waals surface area contributed by atoms with Gasteiger partial charge in [-0.25, -0.2) is 0 Å². The first-order valence-corrected chi connectivity index (χ1v) is 7.11. The zero-order chi connectivity index (χ0) is 15.8. The summed E-state index contributed by atoms with van der Waals surface area (Å²) in [4.78, 5) is 22.4. The van der Waals surface area contributed by atoms with Crippen molar-refractivity contribution >= 4 is 11.9 Å². The first-order valence-electron chi connectivity index (χ1n) is 7.11. The third-order valence-corrected chi connectivity index (χ3v) is 3.18. The molecule has 0 radical (unpaired) electrons. The number of ether oxygens (including phenoxy) is 1. The lowest BCUT2D eigenvalue weighted by Crippen LogP contribution is -2.38. The van der Waals surface area contributed by atoms with Crippen molar-refractivity contribution in [2.24, 2.45) is 5.92 Å². The molecule has 0 saturated heterocycles. The highest BCUT2D eigenvalue weighted by Crippen LogP contribution is 2.13. The van der Waals surface area contributed by atoms with Crippen molar-refractivity contribution in [1.29, 1.82) is 0 Å². The fraction of sp³-hybridized carbons (Fsp3) is 0.500. The Morgan fingerprint density at radius 1 is 1.24 bits per heavy atom. The maximum atomic E-state index is 11.9. The van der Waals surface area contributed by atoms with Gasteiger partial charge in [0.25, 0.3) is 5.91 Å². The van der Waals surface area contributed by atoms with Crippen molar-refractivity contribution in [2.75, 3.05) is 6.54 Å². The highest BCUT2D eigenvalue weighted by atomic mass is 16.5. The fourth-order valence-corrected chi connectivity index (χ4v) is 1.76.